The monoisotopic (exact) mass is 216 g/mol. The first-order valence-corrected chi connectivity index (χ1v) is 6.30. The molecule has 1 aliphatic rings. The molecule has 0 bridgehead atoms. The minimum Gasteiger partial charge on any atom is -0.352 e. The molecule has 3 N–H and O–H groups in total. The minimum absolute atomic E-state index is 0.0903. The van der Waals surface area contributed by atoms with Crippen molar-refractivity contribution in [2.75, 3.05) is 18.1 Å². The molecule has 3 nitrogen and oxygen atoms in total. The number of nitrogens with one attached hydrogen (secondary N) is 1. The summed E-state index contributed by atoms with van der Waals surface area (Å²) in [5.74, 6) is 2.37. The lowest BCUT2D eigenvalue weighted by molar-refractivity contribution is -0.129. The van der Waals surface area contributed by atoms with Crippen LogP contribution in [0.15, 0.2) is 0 Å². The summed E-state index contributed by atoms with van der Waals surface area (Å²) in [4.78, 5) is 11.8. The molecule has 1 rings (SSSR count). The third kappa shape index (κ3) is 3.17. The van der Waals surface area contributed by atoms with Crippen LogP contribution in [0.4, 0.5) is 0 Å². The zero-order valence-corrected chi connectivity index (χ0v) is 9.82. The highest BCUT2D eigenvalue weighted by atomic mass is 32.2. The van der Waals surface area contributed by atoms with Gasteiger partial charge in [-0.05, 0) is 32.4 Å². The van der Waals surface area contributed by atoms with E-state index in [1.54, 1.807) is 0 Å². The van der Waals surface area contributed by atoms with E-state index >= 15 is 0 Å². The molecule has 1 amide bonds. The summed E-state index contributed by atoms with van der Waals surface area (Å²) in [6.45, 7) is 4.18. The van der Waals surface area contributed by atoms with Gasteiger partial charge in [-0.1, -0.05) is 0 Å². The third-order valence-corrected chi connectivity index (χ3v) is 3.84. The van der Waals surface area contributed by atoms with Crippen LogP contribution < -0.4 is 11.1 Å². The van der Waals surface area contributed by atoms with E-state index in [4.69, 9.17) is 5.73 Å². The van der Waals surface area contributed by atoms with E-state index < -0.39 is 5.41 Å². The van der Waals surface area contributed by atoms with E-state index in [0.29, 0.717) is 12.6 Å². The van der Waals surface area contributed by atoms with Crippen molar-refractivity contribution in [3.05, 3.63) is 0 Å². The second-order valence-electron chi connectivity index (χ2n) is 4.48. The van der Waals surface area contributed by atoms with E-state index in [9.17, 15) is 4.79 Å². The Kier molecular flexibility index (Phi) is 4.26. The molecule has 1 saturated heterocycles. The number of nitrogens with two attached hydrogens (primary N) is 1. The number of hydrogen-bond donors (Lipinski definition) is 2. The maximum Gasteiger partial charge on any atom is 0.227 e. The van der Waals surface area contributed by atoms with Gasteiger partial charge in [0.1, 0.15) is 0 Å². The normalized spacial score (nSPS) is 23.2. The van der Waals surface area contributed by atoms with E-state index in [0.717, 1.165) is 12.2 Å². The second-order valence-corrected chi connectivity index (χ2v) is 5.63. The van der Waals surface area contributed by atoms with Crippen LogP contribution in [0.3, 0.4) is 0 Å². The Morgan fingerprint density at radius 3 is 2.86 bits per heavy atom. The van der Waals surface area contributed by atoms with Gasteiger partial charge in [-0.2, -0.15) is 11.8 Å². The summed E-state index contributed by atoms with van der Waals surface area (Å²) >= 11 is 1.92. The molecule has 1 fully saturated rings. The van der Waals surface area contributed by atoms with Crippen molar-refractivity contribution in [3.8, 4) is 0 Å². The smallest absolute Gasteiger partial charge is 0.227 e. The quantitative estimate of drug-likeness (QED) is 0.739. The molecule has 4 heteroatoms. The molecule has 1 aliphatic heterocycles. The number of rotatable bonds is 3. The molecule has 14 heavy (non-hydrogen) atoms. The molecule has 1 unspecified atom stereocenters. The van der Waals surface area contributed by atoms with Gasteiger partial charge in [-0.3, -0.25) is 4.79 Å². The Labute approximate surface area is 90.2 Å². The highest BCUT2D eigenvalue weighted by molar-refractivity contribution is 7.99. The van der Waals surface area contributed by atoms with Crippen LogP contribution in [-0.4, -0.2) is 30.0 Å². The van der Waals surface area contributed by atoms with Gasteiger partial charge in [0, 0.05) is 18.3 Å². The fourth-order valence-corrected chi connectivity index (χ4v) is 2.40. The maximum atomic E-state index is 11.8. The largest absolute Gasteiger partial charge is 0.352 e. The van der Waals surface area contributed by atoms with Gasteiger partial charge in [-0.25, -0.2) is 0 Å². The molecule has 0 aliphatic carbocycles. The standard InChI is InChI=1S/C10H20N2OS/c1-10(2,7-11)9(13)12-8-4-3-5-14-6-8/h8H,3-7,11H2,1-2H3,(H,12,13). The van der Waals surface area contributed by atoms with Crippen molar-refractivity contribution in [1.82, 2.24) is 5.32 Å². The Morgan fingerprint density at radius 2 is 2.36 bits per heavy atom. The van der Waals surface area contributed by atoms with Gasteiger partial charge in [0.15, 0.2) is 0 Å². The number of thioether (sulfide) groups is 1. The van der Waals surface area contributed by atoms with E-state index in [1.807, 2.05) is 25.6 Å². The first-order chi connectivity index (χ1) is 6.56. The van der Waals surface area contributed by atoms with Gasteiger partial charge in [0.05, 0.1) is 5.41 Å². The molecular weight excluding hydrogens is 196 g/mol. The van der Waals surface area contributed by atoms with Crippen molar-refractivity contribution >= 4 is 17.7 Å². The SMILES string of the molecule is CC(C)(CN)C(=O)NC1CCCSC1. The van der Waals surface area contributed by atoms with Crippen LogP contribution in [0.25, 0.3) is 0 Å². The molecule has 1 atom stereocenters. The average molecular weight is 216 g/mol. The first kappa shape index (κ1) is 11.9. The summed E-state index contributed by atoms with van der Waals surface area (Å²) in [6, 6.07) is 0.354. The van der Waals surface area contributed by atoms with E-state index in [-0.39, 0.29) is 5.91 Å². The first-order valence-electron chi connectivity index (χ1n) is 5.15. The molecule has 0 aromatic heterocycles. The number of hydrogen-bond acceptors (Lipinski definition) is 3. The van der Waals surface area contributed by atoms with Crippen LogP contribution in [0.1, 0.15) is 26.7 Å². The zero-order valence-electron chi connectivity index (χ0n) is 9.01. The lowest BCUT2D eigenvalue weighted by Crippen LogP contribution is -2.47. The molecule has 0 aromatic carbocycles. The summed E-state index contributed by atoms with van der Waals surface area (Å²) < 4.78 is 0. The van der Waals surface area contributed by atoms with Gasteiger partial charge < -0.3 is 11.1 Å². The highest BCUT2D eigenvalue weighted by Gasteiger charge is 2.28. The fourth-order valence-electron chi connectivity index (χ4n) is 1.33. The molecule has 1 heterocycles. The molecule has 0 aromatic rings. The summed E-state index contributed by atoms with van der Waals surface area (Å²) in [5, 5.41) is 3.07. The second kappa shape index (κ2) is 5.03. The van der Waals surface area contributed by atoms with E-state index in [1.165, 1.54) is 12.2 Å². The van der Waals surface area contributed by atoms with Crippen LogP contribution in [0, 0.1) is 5.41 Å². The van der Waals surface area contributed by atoms with Crippen molar-refractivity contribution < 1.29 is 4.79 Å². The molecule has 82 valence electrons. The van der Waals surface area contributed by atoms with Crippen molar-refractivity contribution in [1.29, 1.82) is 0 Å². The Hall–Kier alpha value is -0.220. The van der Waals surface area contributed by atoms with Crippen molar-refractivity contribution in [2.24, 2.45) is 11.1 Å². The van der Waals surface area contributed by atoms with E-state index in [2.05, 4.69) is 5.32 Å². The van der Waals surface area contributed by atoms with Crippen LogP contribution >= 0.6 is 11.8 Å². The third-order valence-electron chi connectivity index (χ3n) is 2.62. The predicted molar refractivity (Wildman–Crippen MR) is 61.3 cm³/mol. The average Bonchev–Trinajstić information content (AvgIpc) is 2.19. The number of carbonyl (C=O) groups is 1. The summed E-state index contributed by atoms with van der Waals surface area (Å²) in [7, 11) is 0. The van der Waals surface area contributed by atoms with Crippen molar-refractivity contribution in [2.45, 2.75) is 32.7 Å². The summed E-state index contributed by atoms with van der Waals surface area (Å²) in [6.07, 6.45) is 2.32. The molecular formula is C10H20N2OS. The van der Waals surface area contributed by atoms with Gasteiger partial charge in [-0.15, -0.1) is 0 Å². The molecule has 0 radical (unpaired) electrons. The molecule has 0 saturated carbocycles. The maximum absolute atomic E-state index is 11.8. The van der Waals surface area contributed by atoms with Gasteiger partial charge in [0.2, 0.25) is 5.91 Å². The predicted octanol–water partition coefficient (Wildman–Crippen LogP) is 0.983. The summed E-state index contributed by atoms with van der Waals surface area (Å²) in [5.41, 5.74) is 5.12. The Bertz CT molecular complexity index is 200. The Morgan fingerprint density at radius 1 is 1.64 bits per heavy atom. The minimum atomic E-state index is -0.428. The van der Waals surface area contributed by atoms with Crippen LogP contribution in [0.2, 0.25) is 0 Å². The van der Waals surface area contributed by atoms with Crippen molar-refractivity contribution in [3.63, 3.8) is 0 Å². The Balaban J connectivity index is 2.39. The lowest BCUT2D eigenvalue weighted by atomic mass is 9.92. The van der Waals surface area contributed by atoms with Crippen LogP contribution in [-0.2, 0) is 4.79 Å². The lowest BCUT2D eigenvalue weighted by Gasteiger charge is -2.28. The highest BCUT2D eigenvalue weighted by Crippen LogP contribution is 2.19. The van der Waals surface area contributed by atoms with Gasteiger partial charge in [0.25, 0.3) is 0 Å². The molecule has 0 spiro atoms. The van der Waals surface area contributed by atoms with Gasteiger partial charge >= 0.3 is 0 Å². The fraction of sp³-hybridized carbons (Fsp3) is 0.900. The number of amides is 1. The van der Waals surface area contributed by atoms with Crippen LogP contribution in [0.5, 0.6) is 0 Å². The number of carbonyl (C=O) groups excluding carboxylic acids is 1. The topological polar surface area (TPSA) is 55.1 Å². The zero-order chi connectivity index (χ0) is 10.6.